The molecule has 1 heterocycles. The predicted octanol–water partition coefficient (Wildman–Crippen LogP) is 6.38. The molecule has 0 aliphatic heterocycles. The molecule has 0 saturated heterocycles. The molecule has 1 nitrogen and oxygen atoms in total. The van der Waals surface area contributed by atoms with Crippen LogP contribution in [0.15, 0.2) is 97.2 Å². The molecule has 1 heteroatoms. The molecule has 4 aromatic rings. The third-order valence-corrected chi connectivity index (χ3v) is 5.17. The van der Waals surface area contributed by atoms with E-state index in [1.165, 1.54) is 44.5 Å². The van der Waals surface area contributed by atoms with Crippen LogP contribution in [0, 0.1) is 6.92 Å². The second-order valence-corrected chi connectivity index (χ2v) is 6.90. The Morgan fingerprint density at radius 1 is 0.593 bits per heavy atom. The molecule has 5 rings (SSSR count). The Kier molecular flexibility index (Phi) is 3.72. The topological polar surface area (TPSA) is 12.9 Å². The van der Waals surface area contributed by atoms with E-state index in [2.05, 4.69) is 103 Å². The summed E-state index contributed by atoms with van der Waals surface area (Å²) in [6.45, 7) is 2.06. The maximum atomic E-state index is 4.62. The predicted molar refractivity (Wildman–Crippen MR) is 112 cm³/mol. The minimum Gasteiger partial charge on any atom is -0.261 e. The van der Waals surface area contributed by atoms with Crippen LogP contribution in [0.4, 0.5) is 0 Å². The van der Waals surface area contributed by atoms with Crippen LogP contribution in [0.5, 0.6) is 0 Å². The van der Waals surface area contributed by atoms with Crippen LogP contribution in [0.1, 0.15) is 27.9 Å². The standard InChI is InChI=1S/C26H19N/c1-18-16-23-21-14-8-9-15-22(21)26(24(23)17-27-18)25(19-10-4-2-5-11-19)20-12-6-3-7-13-20/h2-17H,1H3. The van der Waals surface area contributed by atoms with Gasteiger partial charge in [0, 0.05) is 23.0 Å². The summed E-state index contributed by atoms with van der Waals surface area (Å²) in [5, 5.41) is 0. The zero-order valence-corrected chi connectivity index (χ0v) is 15.2. The van der Waals surface area contributed by atoms with Crippen molar-refractivity contribution in [2.45, 2.75) is 6.92 Å². The molecule has 1 aromatic heterocycles. The second-order valence-electron chi connectivity index (χ2n) is 6.90. The Hall–Kier alpha value is -3.45. The smallest absolute Gasteiger partial charge is 0.0379 e. The first kappa shape index (κ1) is 15.8. The number of fused-ring (bicyclic) bond motifs is 3. The van der Waals surface area contributed by atoms with E-state index in [1.807, 2.05) is 6.20 Å². The lowest BCUT2D eigenvalue weighted by Crippen LogP contribution is -1.95. The molecule has 0 amide bonds. The number of aryl methyl sites for hydroxylation is 1. The average molecular weight is 345 g/mol. The summed E-state index contributed by atoms with van der Waals surface area (Å²) in [6, 6.07) is 32.2. The lowest BCUT2D eigenvalue weighted by molar-refractivity contribution is 1.20. The van der Waals surface area contributed by atoms with Gasteiger partial charge in [-0.1, -0.05) is 84.9 Å². The summed E-state index contributed by atoms with van der Waals surface area (Å²) in [5.41, 5.74) is 11.1. The van der Waals surface area contributed by atoms with Crippen molar-refractivity contribution in [1.82, 2.24) is 4.98 Å². The molecular weight excluding hydrogens is 326 g/mol. The van der Waals surface area contributed by atoms with Crippen LogP contribution < -0.4 is 0 Å². The fraction of sp³-hybridized carbons (Fsp3) is 0.0385. The van der Waals surface area contributed by atoms with Gasteiger partial charge in [-0.05, 0) is 46.4 Å². The first-order valence-electron chi connectivity index (χ1n) is 9.25. The molecule has 0 N–H and O–H groups in total. The summed E-state index contributed by atoms with van der Waals surface area (Å²) >= 11 is 0. The van der Waals surface area contributed by atoms with Gasteiger partial charge in [-0.2, -0.15) is 0 Å². The van der Waals surface area contributed by atoms with Crippen molar-refractivity contribution in [3.8, 4) is 11.1 Å². The number of benzene rings is 3. The summed E-state index contributed by atoms with van der Waals surface area (Å²) < 4.78 is 0. The van der Waals surface area contributed by atoms with Crippen molar-refractivity contribution in [1.29, 1.82) is 0 Å². The van der Waals surface area contributed by atoms with E-state index in [1.54, 1.807) is 0 Å². The van der Waals surface area contributed by atoms with Gasteiger partial charge >= 0.3 is 0 Å². The monoisotopic (exact) mass is 345 g/mol. The molecule has 0 bridgehead atoms. The first-order valence-corrected chi connectivity index (χ1v) is 9.25. The van der Waals surface area contributed by atoms with E-state index < -0.39 is 0 Å². The maximum absolute atomic E-state index is 4.62. The quantitative estimate of drug-likeness (QED) is 0.362. The summed E-state index contributed by atoms with van der Waals surface area (Å²) in [7, 11) is 0. The number of hydrogen-bond donors (Lipinski definition) is 0. The second kappa shape index (κ2) is 6.37. The molecule has 1 aliphatic rings. The summed E-state index contributed by atoms with van der Waals surface area (Å²) in [6.07, 6.45) is 2.03. The zero-order chi connectivity index (χ0) is 18.2. The largest absolute Gasteiger partial charge is 0.261 e. The van der Waals surface area contributed by atoms with E-state index in [4.69, 9.17) is 0 Å². The highest BCUT2D eigenvalue weighted by atomic mass is 14.7. The minimum absolute atomic E-state index is 1.05. The third kappa shape index (κ3) is 2.60. The van der Waals surface area contributed by atoms with Gasteiger partial charge in [0.25, 0.3) is 0 Å². The highest BCUT2D eigenvalue weighted by Gasteiger charge is 2.27. The van der Waals surface area contributed by atoms with Gasteiger partial charge in [-0.3, -0.25) is 4.98 Å². The van der Waals surface area contributed by atoms with E-state index in [-0.39, 0.29) is 0 Å². The number of pyridine rings is 1. The van der Waals surface area contributed by atoms with E-state index >= 15 is 0 Å². The first-order chi connectivity index (χ1) is 13.3. The summed E-state index contributed by atoms with van der Waals surface area (Å²) in [5.74, 6) is 0. The fourth-order valence-corrected chi connectivity index (χ4v) is 4.00. The SMILES string of the molecule is Cc1cc2c(cn1)C(=C(c1ccccc1)c1ccccc1)c1ccccc1-2. The molecule has 0 spiro atoms. The third-order valence-electron chi connectivity index (χ3n) is 5.17. The van der Waals surface area contributed by atoms with Crippen molar-refractivity contribution >= 4 is 11.1 Å². The molecular formula is C26H19N. The number of hydrogen-bond acceptors (Lipinski definition) is 1. The fourth-order valence-electron chi connectivity index (χ4n) is 4.00. The highest BCUT2D eigenvalue weighted by molar-refractivity contribution is 6.13. The molecule has 1 aliphatic carbocycles. The van der Waals surface area contributed by atoms with Gasteiger partial charge < -0.3 is 0 Å². The van der Waals surface area contributed by atoms with E-state index in [0.717, 1.165) is 5.69 Å². The molecule has 0 unspecified atom stereocenters. The molecule has 0 saturated carbocycles. The van der Waals surface area contributed by atoms with E-state index in [0.29, 0.717) is 0 Å². The average Bonchev–Trinajstić information content (AvgIpc) is 3.04. The molecule has 27 heavy (non-hydrogen) atoms. The van der Waals surface area contributed by atoms with Crippen molar-refractivity contribution in [2.24, 2.45) is 0 Å². The number of rotatable bonds is 2. The van der Waals surface area contributed by atoms with Crippen molar-refractivity contribution < 1.29 is 0 Å². The molecule has 0 radical (unpaired) electrons. The molecule has 0 atom stereocenters. The Morgan fingerprint density at radius 2 is 1.15 bits per heavy atom. The van der Waals surface area contributed by atoms with Crippen molar-refractivity contribution in [3.63, 3.8) is 0 Å². The number of nitrogens with zero attached hydrogens (tertiary/aromatic N) is 1. The minimum atomic E-state index is 1.05. The van der Waals surface area contributed by atoms with Gasteiger partial charge in [0.2, 0.25) is 0 Å². The van der Waals surface area contributed by atoms with Gasteiger partial charge in [0.05, 0.1) is 0 Å². The lowest BCUT2D eigenvalue weighted by atomic mass is 9.89. The zero-order valence-electron chi connectivity index (χ0n) is 15.2. The van der Waals surface area contributed by atoms with Crippen LogP contribution >= 0.6 is 0 Å². The lowest BCUT2D eigenvalue weighted by Gasteiger charge is -2.15. The Balaban J connectivity index is 1.93. The van der Waals surface area contributed by atoms with Gasteiger partial charge in [0.1, 0.15) is 0 Å². The Morgan fingerprint density at radius 3 is 1.78 bits per heavy atom. The van der Waals surface area contributed by atoms with Crippen molar-refractivity contribution in [3.05, 3.63) is 125 Å². The summed E-state index contributed by atoms with van der Waals surface area (Å²) in [4.78, 5) is 4.62. The molecule has 128 valence electrons. The highest BCUT2D eigenvalue weighted by Crippen LogP contribution is 2.48. The normalized spacial score (nSPS) is 11.8. The van der Waals surface area contributed by atoms with Gasteiger partial charge in [-0.25, -0.2) is 0 Å². The van der Waals surface area contributed by atoms with Crippen molar-refractivity contribution in [2.75, 3.05) is 0 Å². The van der Waals surface area contributed by atoms with Crippen LogP contribution in [0.2, 0.25) is 0 Å². The van der Waals surface area contributed by atoms with Crippen LogP contribution in [-0.2, 0) is 0 Å². The Bertz CT molecular complexity index is 1110. The van der Waals surface area contributed by atoms with Crippen LogP contribution in [-0.4, -0.2) is 4.98 Å². The maximum Gasteiger partial charge on any atom is 0.0379 e. The van der Waals surface area contributed by atoms with Crippen LogP contribution in [0.25, 0.3) is 22.3 Å². The van der Waals surface area contributed by atoms with Crippen LogP contribution in [0.3, 0.4) is 0 Å². The van der Waals surface area contributed by atoms with Gasteiger partial charge in [0.15, 0.2) is 0 Å². The van der Waals surface area contributed by atoms with E-state index in [9.17, 15) is 0 Å². The number of aromatic nitrogens is 1. The Labute approximate surface area is 159 Å². The van der Waals surface area contributed by atoms with Gasteiger partial charge in [-0.15, -0.1) is 0 Å². The molecule has 0 fully saturated rings. The molecule has 3 aromatic carbocycles.